The van der Waals surface area contributed by atoms with Gasteiger partial charge in [0.15, 0.2) is 0 Å². The van der Waals surface area contributed by atoms with Crippen molar-refractivity contribution in [2.45, 2.75) is 25.0 Å². The van der Waals surface area contributed by atoms with E-state index in [9.17, 15) is 9.90 Å². The van der Waals surface area contributed by atoms with Gasteiger partial charge >= 0.3 is 0 Å². The second kappa shape index (κ2) is 4.83. The number of aliphatic hydroxyl groups is 1. The Morgan fingerprint density at radius 3 is 2.76 bits per heavy atom. The van der Waals surface area contributed by atoms with Crippen LogP contribution in [0.5, 0.6) is 0 Å². The van der Waals surface area contributed by atoms with E-state index < -0.39 is 6.10 Å². The zero-order valence-electron chi connectivity index (χ0n) is 11.7. The Morgan fingerprint density at radius 1 is 1.24 bits per heavy atom. The Hall–Kier alpha value is -1.91. The first-order valence-corrected chi connectivity index (χ1v) is 7.49. The summed E-state index contributed by atoms with van der Waals surface area (Å²) in [5, 5.41) is 15.6. The molecule has 1 atom stereocenters. The molecule has 1 heterocycles. The molecule has 2 aliphatic rings. The van der Waals surface area contributed by atoms with Gasteiger partial charge in [-0.25, -0.2) is 0 Å². The predicted molar refractivity (Wildman–Crippen MR) is 82.7 cm³/mol. The lowest BCUT2D eigenvalue weighted by Crippen LogP contribution is -2.40. The molecule has 0 bridgehead atoms. The van der Waals surface area contributed by atoms with Crippen LogP contribution in [0.15, 0.2) is 36.4 Å². The number of anilines is 1. The van der Waals surface area contributed by atoms with Gasteiger partial charge in [-0.2, -0.15) is 0 Å². The molecule has 1 saturated carbocycles. The lowest BCUT2D eigenvalue weighted by atomic mass is 10.1. The summed E-state index contributed by atoms with van der Waals surface area (Å²) < 4.78 is 0. The maximum Gasteiger partial charge on any atom is 0.259 e. The van der Waals surface area contributed by atoms with Gasteiger partial charge < -0.3 is 15.3 Å². The Kier molecular flexibility index (Phi) is 2.94. The molecular weight excluding hydrogens is 264 g/mol. The quantitative estimate of drug-likeness (QED) is 0.881. The Labute approximate surface area is 123 Å². The van der Waals surface area contributed by atoms with Crippen LogP contribution in [-0.4, -0.2) is 36.2 Å². The minimum atomic E-state index is -0.542. The van der Waals surface area contributed by atoms with Crippen LogP contribution in [0.2, 0.25) is 0 Å². The minimum Gasteiger partial charge on any atom is -0.390 e. The molecule has 1 amide bonds. The average molecular weight is 282 g/mol. The zero-order chi connectivity index (χ0) is 14.4. The fourth-order valence-corrected chi connectivity index (χ4v) is 3.03. The van der Waals surface area contributed by atoms with Crippen LogP contribution < -0.4 is 10.2 Å². The summed E-state index contributed by atoms with van der Waals surface area (Å²) in [6.07, 6.45) is 1.85. The highest BCUT2D eigenvalue weighted by Crippen LogP contribution is 2.37. The van der Waals surface area contributed by atoms with E-state index in [1.54, 1.807) is 4.90 Å². The van der Waals surface area contributed by atoms with E-state index in [0.29, 0.717) is 19.1 Å². The summed E-state index contributed by atoms with van der Waals surface area (Å²) in [4.78, 5) is 14.3. The molecule has 1 aliphatic heterocycles. The molecular formula is C17H18N2O2. The molecule has 108 valence electrons. The number of carbonyl (C=O) groups is 1. The zero-order valence-corrected chi connectivity index (χ0v) is 11.7. The van der Waals surface area contributed by atoms with Crippen molar-refractivity contribution in [2.24, 2.45) is 0 Å². The van der Waals surface area contributed by atoms with E-state index in [-0.39, 0.29) is 5.91 Å². The molecule has 2 aromatic carbocycles. The molecule has 0 radical (unpaired) electrons. The number of nitrogens with zero attached hydrogens (tertiary/aromatic N) is 1. The Morgan fingerprint density at radius 2 is 2.00 bits per heavy atom. The van der Waals surface area contributed by atoms with Crippen molar-refractivity contribution in [3.8, 4) is 0 Å². The molecule has 0 saturated heterocycles. The van der Waals surface area contributed by atoms with Gasteiger partial charge in [0.05, 0.1) is 18.3 Å². The van der Waals surface area contributed by atoms with Gasteiger partial charge in [-0.1, -0.05) is 24.3 Å². The number of hydrogen-bond donors (Lipinski definition) is 2. The van der Waals surface area contributed by atoms with E-state index in [0.717, 1.165) is 22.0 Å². The standard InChI is InChI=1S/C17H18N2O2/c20-13(9-18-12-7-8-12)10-19-15-6-2-4-11-3-1-5-14(16(11)15)17(19)21/h1-6,12-13,18,20H,7-10H2. The number of benzene rings is 2. The third-order valence-corrected chi connectivity index (χ3v) is 4.26. The fourth-order valence-electron chi connectivity index (χ4n) is 3.03. The number of carbonyl (C=O) groups excluding carboxylic acids is 1. The number of nitrogens with one attached hydrogen (secondary N) is 1. The van der Waals surface area contributed by atoms with Gasteiger partial charge in [0, 0.05) is 23.5 Å². The summed E-state index contributed by atoms with van der Waals surface area (Å²) in [6, 6.07) is 12.3. The smallest absolute Gasteiger partial charge is 0.259 e. The molecule has 2 N–H and O–H groups in total. The van der Waals surface area contributed by atoms with Crippen molar-refractivity contribution < 1.29 is 9.90 Å². The van der Waals surface area contributed by atoms with Gasteiger partial charge in [-0.3, -0.25) is 4.79 Å². The predicted octanol–water partition coefficient (Wildman–Crippen LogP) is 1.91. The number of aliphatic hydroxyl groups excluding tert-OH is 1. The molecule has 4 nitrogen and oxygen atoms in total. The van der Waals surface area contributed by atoms with Gasteiger partial charge in [-0.05, 0) is 30.4 Å². The second-order valence-electron chi connectivity index (χ2n) is 5.93. The van der Waals surface area contributed by atoms with Crippen molar-refractivity contribution >= 4 is 22.4 Å². The summed E-state index contributed by atoms with van der Waals surface area (Å²) in [7, 11) is 0. The van der Waals surface area contributed by atoms with Crippen LogP contribution in [0.4, 0.5) is 5.69 Å². The molecule has 2 aromatic rings. The third kappa shape index (κ3) is 2.20. The number of β-amino-alcohol motifs (C(OH)–C–C–N with tert-alkyl or cyclic N) is 1. The largest absolute Gasteiger partial charge is 0.390 e. The Bertz CT molecular complexity index is 704. The molecule has 0 spiro atoms. The molecule has 21 heavy (non-hydrogen) atoms. The van der Waals surface area contributed by atoms with E-state index in [2.05, 4.69) is 5.32 Å². The summed E-state index contributed by atoms with van der Waals surface area (Å²) in [5.41, 5.74) is 1.66. The monoisotopic (exact) mass is 282 g/mol. The molecule has 0 aromatic heterocycles. The van der Waals surface area contributed by atoms with E-state index in [1.807, 2.05) is 36.4 Å². The maximum absolute atomic E-state index is 12.6. The third-order valence-electron chi connectivity index (χ3n) is 4.26. The second-order valence-corrected chi connectivity index (χ2v) is 5.93. The first kappa shape index (κ1) is 12.8. The highest BCUT2D eigenvalue weighted by molar-refractivity contribution is 6.25. The Balaban J connectivity index is 1.59. The SMILES string of the molecule is O=C1c2cccc3cccc(c23)N1CC(O)CNC1CC1. The van der Waals surface area contributed by atoms with Gasteiger partial charge in [0.2, 0.25) is 0 Å². The van der Waals surface area contributed by atoms with E-state index >= 15 is 0 Å². The molecule has 1 fully saturated rings. The number of hydrogen-bond acceptors (Lipinski definition) is 3. The lowest BCUT2D eigenvalue weighted by molar-refractivity contribution is 0.0968. The molecule has 1 unspecified atom stereocenters. The lowest BCUT2D eigenvalue weighted by Gasteiger charge is -2.21. The number of amides is 1. The van der Waals surface area contributed by atoms with Crippen LogP contribution in [0.3, 0.4) is 0 Å². The van der Waals surface area contributed by atoms with Crippen LogP contribution in [0.1, 0.15) is 23.2 Å². The van der Waals surface area contributed by atoms with Gasteiger partial charge in [0.25, 0.3) is 5.91 Å². The van der Waals surface area contributed by atoms with E-state index in [4.69, 9.17) is 0 Å². The van der Waals surface area contributed by atoms with Crippen LogP contribution in [0, 0.1) is 0 Å². The molecule has 1 aliphatic carbocycles. The summed E-state index contributed by atoms with van der Waals surface area (Å²) in [5.74, 6) is -0.00716. The maximum atomic E-state index is 12.6. The van der Waals surface area contributed by atoms with Crippen molar-refractivity contribution in [2.75, 3.05) is 18.0 Å². The van der Waals surface area contributed by atoms with Crippen LogP contribution in [0.25, 0.3) is 10.8 Å². The summed E-state index contributed by atoms with van der Waals surface area (Å²) in [6.45, 7) is 0.882. The highest BCUT2D eigenvalue weighted by Gasteiger charge is 2.31. The summed E-state index contributed by atoms with van der Waals surface area (Å²) >= 11 is 0. The van der Waals surface area contributed by atoms with Gasteiger partial charge in [-0.15, -0.1) is 0 Å². The first-order valence-electron chi connectivity index (χ1n) is 7.49. The van der Waals surface area contributed by atoms with Crippen LogP contribution >= 0.6 is 0 Å². The molecule has 4 rings (SSSR count). The van der Waals surface area contributed by atoms with Crippen molar-refractivity contribution in [1.82, 2.24) is 5.32 Å². The minimum absolute atomic E-state index is 0.00716. The van der Waals surface area contributed by atoms with Crippen molar-refractivity contribution in [1.29, 1.82) is 0 Å². The molecule has 4 heteroatoms. The number of rotatable bonds is 5. The fraction of sp³-hybridized carbons (Fsp3) is 0.353. The topological polar surface area (TPSA) is 52.6 Å². The van der Waals surface area contributed by atoms with Crippen molar-refractivity contribution in [3.05, 3.63) is 42.0 Å². The normalized spacial score (nSPS) is 18.5. The van der Waals surface area contributed by atoms with Crippen LogP contribution in [-0.2, 0) is 0 Å². The van der Waals surface area contributed by atoms with Crippen molar-refractivity contribution in [3.63, 3.8) is 0 Å². The van der Waals surface area contributed by atoms with E-state index in [1.165, 1.54) is 12.8 Å². The highest BCUT2D eigenvalue weighted by atomic mass is 16.3. The first-order chi connectivity index (χ1) is 10.2. The average Bonchev–Trinajstić information content (AvgIpc) is 3.29. The van der Waals surface area contributed by atoms with Gasteiger partial charge in [0.1, 0.15) is 0 Å².